The van der Waals surface area contributed by atoms with Crippen molar-refractivity contribution in [3.63, 3.8) is 0 Å². The zero-order valence-corrected chi connectivity index (χ0v) is 7.79. The van der Waals surface area contributed by atoms with Gasteiger partial charge >= 0.3 is 0 Å². The lowest BCUT2D eigenvalue weighted by Crippen LogP contribution is -1.96. The first-order chi connectivity index (χ1) is 5.65. The monoisotopic (exact) mass is 166 g/mol. The van der Waals surface area contributed by atoms with Gasteiger partial charge in [0.05, 0.1) is 11.3 Å². The molecule has 1 aromatic heterocycles. The minimum absolute atomic E-state index is 0.0925. The summed E-state index contributed by atoms with van der Waals surface area (Å²) >= 11 is 0. The SMILES string of the molecule is CCCn1cc(C(C)=O)c(C)n1. The highest BCUT2D eigenvalue weighted by atomic mass is 16.1. The number of ketones is 1. The van der Waals surface area contributed by atoms with E-state index < -0.39 is 0 Å². The molecule has 0 aliphatic heterocycles. The van der Waals surface area contributed by atoms with Gasteiger partial charge in [-0.3, -0.25) is 9.48 Å². The minimum Gasteiger partial charge on any atom is -0.294 e. The van der Waals surface area contributed by atoms with E-state index in [-0.39, 0.29) is 5.78 Å². The standard InChI is InChI=1S/C9H14N2O/c1-4-5-11-6-9(8(3)12)7(2)10-11/h6H,4-5H2,1-3H3. The summed E-state index contributed by atoms with van der Waals surface area (Å²) in [5.74, 6) is 0.0925. The Bertz CT molecular complexity index is 289. The lowest BCUT2D eigenvalue weighted by molar-refractivity contribution is 0.101. The Labute approximate surface area is 72.4 Å². The molecule has 3 heteroatoms. The molecule has 0 atom stereocenters. The largest absolute Gasteiger partial charge is 0.294 e. The maximum absolute atomic E-state index is 11.0. The molecule has 12 heavy (non-hydrogen) atoms. The van der Waals surface area contributed by atoms with Crippen LogP contribution in [0.2, 0.25) is 0 Å². The van der Waals surface area contributed by atoms with Crippen molar-refractivity contribution in [2.24, 2.45) is 0 Å². The van der Waals surface area contributed by atoms with E-state index in [0.29, 0.717) is 0 Å². The summed E-state index contributed by atoms with van der Waals surface area (Å²) in [5.41, 5.74) is 1.57. The fourth-order valence-corrected chi connectivity index (χ4v) is 1.21. The molecule has 0 aromatic carbocycles. The van der Waals surface area contributed by atoms with Crippen LogP contribution < -0.4 is 0 Å². The average molecular weight is 166 g/mol. The van der Waals surface area contributed by atoms with Crippen molar-refractivity contribution >= 4 is 5.78 Å². The molecule has 0 radical (unpaired) electrons. The molecular weight excluding hydrogens is 152 g/mol. The van der Waals surface area contributed by atoms with Crippen molar-refractivity contribution in [1.82, 2.24) is 9.78 Å². The number of nitrogens with zero attached hydrogens (tertiary/aromatic N) is 2. The lowest BCUT2D eigenvalue weighted by Gasteiger charge is -1.93. The van der Waals surface area contributed by atoms with E-state index in [1.54, 1.807) is 6.92 Å². The molecule has 0 aliphatic rings. The van der Waals surface area contributed by atoms with Gasteiger partial charge in [0.15, 0.2) is 5.78 Å². The van der Waals surface area contributed by atoms with Gasteiger partial charge in [0.1, 0.15) is 0 Å². The quantitative estimate of drug-likeness (QED) is 0.642. The van der Waals surface area contributed by atoms with E-state index in [2.05, 4.69) is 12.0 Å². The van der Waals surface area contributed by atoms with E-state index in [9.17, 15) is 4.79 Å². The summed E-state index contributed by atoms with van der Waals surface area (Å²) < 4.78 is 1.83. The van der Waals surface area contributed by atoms with E-state index in [0.717, 1.165) is 24.2 Å². The summed E-state index contributed by atoms with van der Waals surface area (Å²) in [6.07, 6.45) is 2.86. The van der Waals surface area contributed by atoms with Gasteiger partial charge in [0, 0.05) is 12.7 Å². The van der Waals surface area contributed by atoms with Gasteiger partial charge in [0.2, 0.25) is 0 Å². The van der Waals surface area contributed by atoms with Gasteiger partial charge in [-0.1, -0.05) is 6.92 Å². The van der Waals surface area contributed by atoms with Crippen LogP contribution in [0, 0.1) is 6.92 Å². The zero-order chi connectivity index (χ0) is 9.14. The normalized spacial score (nSPS) is 10.2. The van der Waals surface area contributed by atoms with Gasteiger partial charge in [-0.15, -0.1) is 0 Å². The van der Waals surface area contributed by atoms with E-state index in [1.807, 2.05) is 17.8 Å². The molecule has 1 rings (SSSR count). The van der Waals surface area contributed by atoms with Crippen LogP contribution in [-0.4, -0.2) is 15.6 Å². The molecule has 3 nitrogen and oxygen atoms in total. The first-order valence-electron chi connectivity index (χ1n) is 4.20. The number of hydrogen-bond donors (Lipinski definition) is 0. The molecular formula is C9H14N2O. The molecule has 0 unspecified atom stereocenters. The third kappa shape index (κ3) is 1.72. The molecule has 0 fully saturated rings. The highest BCUT2D eigenvalue weighted by molar-refractivity contribution is 5.94. The molecule has 0 amide bonds. The van der Waals surface area contributed by atoms with Crippen molar-refractivity contribution < 1.29 is 4.79 Å². The second kappa shape index (κ2) is 3.52. The first-order valence-corrected chi connectivity index (χ1v) is 4.20. The Morgan fingerprint density at radius 2 is 2.33 bits per heavy atom. The smallest absolute Gasteiger partial charge is 0.163 e. The summed E-state index contributed by atoms with van der Waals surface area (Å²) in [6.45, 7) is 6.40. The molecule has 1 aromatic rings. The lowest BCUT2D eigenvalue weighted by atomic mass is 10.2. The van der Waals surface area contributed by atoms with Crippen LogP contribution in [0.25, 0.3) is 0 Å². The van der Waals surface area contributed by atoms with Gasteiger partial charge in [-0.25, -0.2) is 0 Å². The predicted octanol–water partition coefficient (Wildman–Crippen LogP) is 1.80. The summed E-state index contributed by atoms with van der Waals surface area (Å²) in [7, 11) is 0. The van der Waals surface area contributed by atoms with Crippen molar-refractivity contribution in [1.29, 1.82) is 0 Å². The Kier molecular flexibility index (Phi) is 2.63. The summed E-state index contributed by atoms with van der Waals surface area (Å²) in [6, 6.07) is 0. The summed E-state index contributed by atoms with van der Waals surface area (Å²) in [5, 5.41) is 4.22. The third-order valence-corrected chi connectivity index (χ3v) is 1.78. The van der Waals surface area contributed by atoms with Crippen LogP contribution in [0.1, 0.15) is 36.3 Å². The van der Waals surface area contributed by atoms with Crippen molar-refractivity contribution in [2.45, 2.75) is 33.7 Å². The fourth-order valence-electron chi connectivity index (χ4n) is 1.21. The zero-order valence-electron chi connectivity index (χ0n) is 7.79. The molecule has 0 spiro atoms. The molecule has 0 saturated carbocycles. The van der Waals surface area contributed by atoms with Gasteiger partial charge in [-0.05, 0) is 20.3 Å². The second-order valence-electron chi connectivity index (χ2n) is 2.95. The van der Waals surface area contributed by atoms with Crippen LogP contribution in [0.4, 0.5) is 0 Å². The Morgan fingerprint density at radius 1 is 1.67 bits per heavy atom. The van der Waals surface area contributed by atoms with Crippen molar-refractivity contribution in [3.05, 3.63) is 17.5 Å². The molecule has 1 heterocycles. The molecule has 66 valence electrons. The Balaban J connectivity index is 2.92. The number of aryl methyl sites for hydroxylation is 2. The van der Waals surface area contributed by atoms with Crippen LogP contribution in [0.5, 0.6) is 0 Å². The van der Waals surface area contributed by atoms with Gasteiger partial charge < -0.3 is 0 Å². The Hall–Kier alpha value is -1.12. The molecule has 0 bridgehead atoms. The average Bonchev–Trinajstić information content (AvgIpc) is 2.32. The van der Waals surface area contributed by atoms with Crippen molar-refractivity contribution in [2.75, 3.05) is 0 Å². The number of aromatic nitrogens is 2. The highest BCUT2D eigenvalue weighted by Gasteiger charge is 2.07. The number of carbonyl (C=O) groups is 1. The topological polar surface area (TPSA) is 34.9 Å². The van der Waals surface area contributed by atoms with Crippen LogP contribution >= 0.6 is 0 Å². The number of Topliss-reactive ketones (excluding diaryl/α,β-unsaturated/α-hetero) is 1. The summed E-state index contributed by atoms with van der Waals surface area (Å²) in [4.78, 5) is 11.0. The predicted molar refractivity (Wildman–Crippen MR) is 47.3 cm³/mol. The maximum atomic E-state index is 11.0. The molecule has 0 aliphatic carbocycles. The van der Waals surface area contributed by atoms with E-state index in [1.165, 1.54) is 0 Å². The highest BCUT2D eigenvalue weighted by Crippen LogP contribution is 2.06. The van der Waals surface area contributed by atoms with E-state index >= 15 is 0 Å². The number of carbonyl (C=O) groups excluding carboxylic acids is 1. The van der Waals surface area contributed by atoms with Crippen LogP contribution in [-0.2, 0) is 6.54 Å². The minimum atomic E-state index is 0.0925. The number of rotatable bonds is 3. The number of hydrogen-bond acceptors (Lipinski definition) is 2. The van der Waals surface area contributed by atoms with E-state index in [4.69, 9.17) is 0 Å². The van der Waals surface area contributed by atoms with Crippen molar-refractivity contribution in [3.8, 4) is 0 Å². The first kappa shape index (κ1) is 8.97. The fraction of sp³-hybridized carbons (Fsp3) is 0.556. The van der Waals surface area contributed by atoms with Gasteiger partial charge in [0.25, 0.3) is 0 Å². The van der Waals surface area contributed by atoms with Gasteiger partial charge in [-0.2, -0.15) is 5.10 Å². The molecule has 0 N–H and O–H groups in total. The maximum Gasteiger partial charge on any atom is 0.163 e. The molecule has 0 saturated heterocycles. The Morgan fingerprint density at radius 3 is 2.75 bits per heavy atom. The van der Waals surface area contributed by atoms with Crippen LogP contribution in [0.3, 0.4) is 0 Å². The van der Waals surface area contributed by atoms with Crippen LogP contribution in [0.15, 0.2) is 6.20 Å². The third-order valence-electron chi connectivity index (χ3n) is 1.78. The second-order valence-corrected chi connectivity index (χ2v) is 2.95.